The molecule has 0 saturated heterocycles. The zero-order valence-electron chi connectivity index (χ0n) is 6.82. The summed E-state index contributed by atoms with van der Waals surface area (Å²) < 4.78 is 39.7. The minimum Gasteiger partial charge on any atom is -0.404 e. The lowest BCUT2D eigenvalue weighted by molar-refractivity contribution is -0.275. The Morgan fingerprint density at radius 2 is 2.07 bits per heavy atom. The highest BCUT2D eigenvalue weighted by Gasteiger charge is 2.32. The standard InChI is InChI=1S/C7H4ClF3INO/c1-3-5(14-7(9,10)11)2-4(8)6(12)13-3/h2H,1H3. The van der Waals surface area contributed by atoms with E-state index in [2.05, 4.69) is 9.72 Å². The van der Waals surface area contributed by atoms with Gasteiger partial charge in [-0.15, -0.1) is 13.2 Å². The monoisotopic (exact) mass is 337 g/mol. The molecule has 78 valence electrons. The molecule has 1 aromatic heterocycles. The highest BCUT2D eigenvalue weighted by molar-refractivity contribution is 14.1. The zero-order chi connectivity index (χ0) is 10.9. The molecular formula is C7H4ClF3INO. The average molecular weight is 337 g/mol. The molecule has 0 N–H and O–H groups in total. The van der Waals surface area contributed by atoms with Gasteiger partial charge in [-0.1, -0.05) is 11.6 Å². The molecule has 1 heterocycles. The van der Waals surface area contributed by atoms with E-state index in [1.54, 1.807) is 0 Å². The molecule has 0 aromatic carbocycles. The predicted molar refractivity (Wildman–Crippen MR) is 53.4 cm³/mol. The third kappa shape index (κ3) is 3.16. The van der Waals surface area contributed by atoms with Crippen molar-refractivity contribution in [1.82, 2.24) is 4.98 Å². The van der Waals surface area contributed by atoms with Crippen molar-refractivity contribution in [2.75, 3.05) is 0 Å². The van der Waals surface area contributed by atoms with Gasteiger partial charge in [0.25, 0.3) is 0 Å². The predicted octanol–water partition coefficient (Wildman–Crippen LogP) is 3.55. The van der Waals surface area contributed by atoms with Crippen LogP contribution in [0.1, 0.15) is 5.69 Å². The van der Waals surface area contributed by atoms with E-state index >= 15 is 0 Å². The van der Waals surface area contributed by atoms with Gasteiger partial charge in [-0.3, -0.25) is 0 Å². The second-order valence-electron chi connectivity index (χ2n) is 2.39. The van der Waals surface area contributed by atoms with Crippen LogP contribution in [0.25, 0.3) is 0 Å². The second kappa shape index (κ2) is 4.09. The minimum atomic E-state index is -4.72. The number of aromatic nitrogens is 1. The lowest BCUT2D eigenvalue weighted by Crippen LogP contribution is -2.18. The van der Waals surface area contributed by atoms with Crippen LogP contribution in [-0.4, -0.2) is 11.3 Å². The fourth-order valence-corrected chi connectivity index (χ4v) is 1.42. The molecule has 0 atom stereocenters. The number of aryl methyl sites for hydroxylation is 1. The minimum absolute atomic E-state index is 0.135. The number of rotatable bonds is 1. The summed E-state index contributed by atoms with van der Waals surface area (Å²) in [6.45, 7) is 1.42. The largest absolute Gasteiger partial charge is 0.573 e. The first-order valence-electron chi connectivity index (χ1n) is 3.38. The van der Waals surface area contributed by atoms with Gasteiger partial charge in [-0.05, 0) is 29.5 Å². The highest BCUT2D eigenvalue weighted by Crippen LogP contribution is 2.29. The van der Waals surface area contributed by atoms with E-state index in [1.807, 2.05) is 22.6 Å². The van der Waals surface area contributed by atoms with Gasteiger partial charge in [0.2, 0.25) is 0 Å². The molecule has 2 nitrogen and oxygen atoms in total. The Kier molecular flexibility index (Phi) is 3.46. The Labute approximate surface area is 96.6 Å². The molecule has 0 spiro atoms. The van der Waals surface area contributed by atoms with Gasteiger partial charge in [0.15, 0.2) is 5.75 Å². The maximum atomic E-state index is 11.9. The average Bonchev–Trinajstić information content (AvgIpc) is 1.97. The van der Waals surface area contributed by atoms with E-state index in [9.17, 15) is 13.2 Å². The van der Waals surface area contributed by atoms with Crippen molar-refractivity contribution >= 4 is 34.2 Å². The van der Waals surface area contributed by atoms with E-state index in [0.717, 1.165) is 6.07 Å². The van der Waals surface area contributed by atoms with Crippen molar-refractivity contribution in [3.63, 3.8) is 0 Å². The molecular weight excluding hydrogens is 333 g/mol. The van der Waals surface area contributed by atoms with Crippen molar-refractivity contribution in [2.45, 2.75) is 13.3 Å². The Morgan fingerprint density at radius 3 is 2.57 bits per heavy atom. The van der Waals surface area contributed by atoms with Gasteiger partial charge in [-0.2, -0.15) is 0 Å². The van der Waals surface area contributed by atoms with Gasteiger partial charge < -0.3 is 4.74 Å². The SMILES string of the molecule is Cc1nc(I)c(Cl)cc1OC(F)(F)F. The van der Waals surface area contributed by atoms with Crippen LogP contribution in [0, 0.1) is 10.6 Å². The van der Waals surface area contributed by atoms with Crippen LogP contribution in [0.3, 0.4) is 0 Å². The molecule has 0 radical (unpaired) electrons. The summed E-state index contributed by atoms with van der Waals surface area (Å²) in [7, 11) is 0. The van der Waals surface area contributed by atoms with E-state index in [4.69, 9.17) is 11.6 Å². The fourth-order valence-electron chi connectivity index (χ4n) is 0.763. The third-order valence-electron chi connectivity index (χ3n) is 1.30. The Hall–Kier alpha value is -0.240. The maximum absolute atomic E-state index is 11.9. The lowest BCUT2D eigenvalue weighted by atomic mass is 10.3. The smallest absolute Gasteiger partial charge is 0.404 e. The van der Waals surface area contributed by atoms with Crippen LogP contribution in [0.15, 0.2) is 6.07 Å². The van der Waals surface area contributed by atoms with Crippen LogP contribution in [-0.2, 0) is 0 Å². The number of hydrogen-bond donors (Lipinski definition) is 0. The van der Waals surface area contributed by atoms with Crippen molar-refractivity contribution in [2.24, 2.45) is 0 Å². The fraction of sp³-hybridized carbons (Fsp3) is 0.286. The number of alkyl halides is 3. The summed E-state index contributed by atoms with van der Waals surface area (Å²) in [6.07, 6.45) is -4.72. The van der Waals surface area contributed by atoms with Gasteiger partial charge >= 0.3 is 6.36 Å². The van der Waals surface area contributed by atoms with Gasteiger partial charge in [-0.25, -0.2) is 4.98 Å². The van der Waals surface area contributed by atoms with Crippen LogP contribution in [0.5, 0.6) is 5.75 Å². The Morgan fingerprint density at radius 1 is 1.50 bits per heavy atom. The molecule has 0 aliphatic rings. The summed E-state index contributed by atoms with van der Waals surface area (Å²) in [5.41, 5.74) is 0.149. The first-order valence-corrected chi connectivity index (χ1v) is 4.83. The quantitative estimate of drug-likeness (QED) is 0.577. The first kappa shape index (κ1) is 11.8. The van der Waals surface area contributed by atoms with Crippen LogP contribution in [0.4, 0.5) is 13.2 Å². The molecule has 1 rings (SSSR count). The molecule has 0 aliphatic carbocycles. The summed E-state index contributed by atoms with van der Waals surface area (Å²) in [5.74, 6) is -0.372. The Balaban J connectivity index is 3.04. The van der Waals surface area contributed by atoms with E-state index in [-0.39, 0.29) is 16.5 Å². The van der Waals surface area contributed by atoms with E-state index < -0.39 is 6.36 Å². The number of hydrogen-bond acceptors (Lipinski definition) is 2. The van der Waals surface area contributed by atoms with Crippen LogP contribution < -0.4 is 4.74 Å². The molecule has 0 saturated carbocycles. The molecule has 0 fully saturated rings. The first-order chi connectivity index (χ1) is 6.29. The Bertz CT molecular complexity index is 356. The molecule has 0 aliphatic heterocycles. The van der Waals surface area contributed by atoms with Crippen molar-refractivity contribution < 1.29 is 17.9 Å². The molecule has 7 heteroatoms. The van der Waals surface area contributed by atoms with Crippen molar-refractivity contribution in [1.29, 1.82) is 0 Å². The van der Waals surface area contributed by atoms with E-state index in [0.29, 0.717) is 3.70 Å². The topological polar surface area (TPSA) is 22.1 Å². The molecule has 1 aromatic rings. The van der Waals surface area contributed by atoms with Gasteiger partial charge in [0, 0.05) is 6.07 Å². The molecule has 0 bridgehead atoms. The number of halogens is 5. The second-order valence-corrected chi connectivity index (χ2v) is 3.82. The molecule has 0 amide bonds. The number of nitrogens with zero attached hydrogens (tertiary/aromatic N) is 1. The number of ether oxygens (including phenoxy) is 1. The van der Waals surface area contributed by atoms with Crippen LogP contribution in [0.2, 0.25) is 5.02 Å². The number of pyridine rings is 1. The third-order valence-corrected chi connectivity index (χ3v) is 2.73. The molecule has 0 unspecified atom stereocenters. The molecule has 14 heavy (non-hydrogen) atoms. The maximum Gasteiger partial charge on any atom is 0.573 e. The summed E-state index contributed by atoms with van der Waals surface area (Å²) in [4.78, 5) is 3.79. The van der Waals surface area contributed by atoms with Gasteiger partial charge in [0.05, 0.1) is 10.7 Å². The summed E-state index contributed by atoms with van der Waals surface area (Å²) >= 11 is 7.42. The normalized spacial score (nSPS) is 11.6. The van der Waals surface area contributed by atoms with Crippen molar-refractivity contribution in [3.05, 3.63) is 20.5 Å². The summed E-state index contributed by atoms with van der Waals surface area (Å²) in [6, 6.07) is 1.10. The summed E-state index contributed by atoms with van der Waals surface area (Å²) in [5, 5.41) is 0.135. The van der Waals surface area contributed by atoms with E-state index in [1.165, 1.54) is 6.92 Å². The van der Waals surface area contributed by atoms with Crippen molar-refractivity contribution in [3.8, 4) is 5.75 Å². The highest BCUT2D eigenvalue weighted by atomic mass is 127. The zero-order valence-corrected chi connectivity index (χ0v) is 9.74. The van der Waals surface area contributed by atoms with Crippen LogP contribution >= 0.6 is 34.2 Å². The van der Waals surface area contributed by atoms with Gasteiger partial charge in [0.1, 0.15) is 3.70 Å². The lowest BCUT2D eigenvalue weighted by Gasteiger charge is -2.11.